The van der Waals surface area contributed by atoms with Crippen molar-refractivity contribution in [3.05, 3.63) is 28.2 Å². The minimum absolute atomic E-state index is 0.400. The summed E-state index contributed by atoms with van der Waals surface area (Å²) in [5, 5.41) is 3.73. The van der Waals surface area contributed by atoms with Crippen molar-refractivity contribution < 1.29 is 4.74 Å². The first kappa shape index (κ1) is 16.8. The molecule has 0 bridgehead atoms. The first-order valence-corrected chi connectivity index (χ1v) is 8.85. The van der Waals surface area contributed by atoms with E-state index in [-0.39, 0.29) is 0 Å². The van der Waals surface area contributed by atoms with E-state index in [4.69, 9.17) is 4.74 Å². The standard InChI is InChI=1S/C18H28BrNO/c1-5-20-17(14-8-6-7-11-18(14,2)3)13-9-10-16(21-4)15(19)12-13/h9-10,12,14,17,20H,5-8,11H2,1-4H3. The van der Waals surface area contributed by atoms with Crippen LogP contribution < -0.4 is 10.1 Å². The average Bonchev–Trinajstić information content (AvgIpc) is 2.45. The number of methoxy groups -OCH3 is 1. The normalized spacial score (nSPS) is 22.8. The van der Waals surface area contributed by atoms with Gasteiger partial charge in [0.2, 0.25) is 0 Å². The largest absolute Gasteiger partial charge is 0.496 e. The average molecular weight is 354 g/mol. The molecule has 1 N–H and O–H groups in total. The van der Waals surface area contributed by atoms with E-state index >= 15 is 0 Å². The first-order chi connectivity index (χ1) is 9.99. The second kappa shape index (κ2) is 7.15. The van der Waals surface area contributed by atoms with Crippen molar-refractivity contribution in [2.45, 2.75) is 52.5 Å². The van der Waals surface area contributed by atoms with E-state index in [2.05, 4.69) is 60.2 Å². The van der Waals surface area contributed by atoms with Gasteiger partial charge < -0.3 is 10.1 Å². The molecule has 2 nitrogen and oxygen atoms in total. The molecule has 0 aliphatic heterocycles. The molecule has 1 aromatic rings. The number of halogens is 1. The highest BCUT2D eigenvalue weighted by Crippen LogP contribution is 2.47. The monoisotopic (exact) mass is 353 g/mol. The van der Waals surface area contributed by atoms with Crippen molar-refractivity contribution in [2.24, 2.45) is 11.3 Å². The maximum absolute atomic E-state index is 5.36. The number of nitrogens with one attached hydrogen (secondary N) is 1. The van der Waals surface area contributed by atoms with Crippen molar-refractivity contribution in [3.8, 4) is 5.75 Å². The molecule has 0 spiro atoms. The van der Waals surface area contributed by atoms with Crippen LogP contribution in [0.4, 0.5) is 0 Å². The molecule has 2 unspecified atom stereocenters. The molecular weight excluding hydrogens is 326 g/mol. The lowest BCUT2D eigenvalue weighted by atomic mass is 9.65. The Kier molecular flexibility index (Phi) is 5.73. The Bertz CT molecular complexity index is 472. The lowest BCUT2D eigenvalue weighted by Gasteiger charge is -2.43. The van der Waals surface area contributed by atoms with E-state index in [1.165, 1.54) is 31.2 Å². The Hall–Kier alpha value is -0.540. The molecule has 118 valence electrons. The summed E-state index contributed by atoms with van der Waals surface area (Å²) < 4.78 is 6.40. The highest BCUT2D eigenvalue weighted by Gasteiger charge is 2.37. The fourth-order valence-corrected chi connectivity index (χ4v) is 4.29. The molecule has 21 heavy (non-hydrogen) atoms. The van der Waals surface area contributed by atoms with Gasteiger partial charge in [-0.2, -0.15) is 0 Å². The fraction of sp³-hybridized carbons (Fsp3) is 0.667. The molecule has 0 aromatic heterocycles. The lowest BCUT2D eigenvalue weighted by Crippen LogP contribution is -2.39. The van der Waals surface area contributed by atoms with E-state index in [0.29, 0.717) is 17.4 Å². The summed E-state index contributed by atoms with van der Waals surface area (Å²) in [7, 11) is 1.71. The third kappa shape index (κ3) is 3.81. The third-order valence-electron chi connectivity index (χ3n) is 4.95. The van der Waals surface area contributed by atoms with E-state index in [0.717, 1.165) is 16.8 Å². The summed E-state index contributed by atoms with van der Waals surface area (Å²) in [6.45, 7) is 8.06. The molecule has 2 rings (SSSR count). The van der Waals surface area contributed by atoms with Gasteiger partial charge in [-0.15, -0.1) is 0 Å². The zero-order valence-corrected chi connectivity index (χ0v) is 15.3. The van der Waals surface area contributed by atoms with Gasteiger partial charge in [0, 0.05) is 6.04 Å². The summed E-state index contributed by atoms with van der Waals surface area (Å²) >= 11 is 3.63. The molecule has 3 heteroatoms. The van der Waals surface area contributed by atoms with Crippen LogP contribution in [0.15, 0.2) is 22.7 Å². The van der Waals surface area contributed by atoms with Gasteiger partial charge in [-0.1, -0.05) is 39.7 Å². The molecule has 1 aliphatic carbocycles. The number of rotatable bonds is 5. The molecule has 1 aromatic carbocycles. The highest BCUT2D eigenvalue weighted by atomic mass is 79.9. The van der Waals surface area contributed by atoms with Gasteiger partial charge in [-0.25, -0.2) is 0 Å². The number of benzene rings is 1. The Morgan fingerprint density at radius 1 is 1.38 bits per heavy atom. The molecule has 0 saturated heterocycles. The molecule has 0 heterocycles. The Morgan fingerprint density at radius 2 is 2.14 bits per heavy atom. The lowest BCUT2D eigenvalue weighted by molar-refractivity contribution is 0.0988. The maximum atomic E-state index is 5.36. The van der Waals surface area contributed by atoms with Crippen molar-refractivity contribution >= 4 is 15.9 Å². The number of ether oxygens (including phenoxy) is 1. The molecule has 0 amide bonds. The number of hydrogen-bond donors (Lipinski definition) is 1. The minimum atomic E-state index is 0.400. The second-order valence-electron chi connectivity index (χ2n) is 6.77. The zero-order valence-electron chi connectivity index (χ0n) is 13.7. The Labute approximate surface area is 137 Å². The number of hydrogen-bond acceptors (Lipinski definition) is 2. The molecule has 0 radical (unpaired) electrons. The quantitative estimate of drug-likeness (QED) is 0.772. The summed E-state index contributed by atoms with van der Waals surface area (Å²) in [4.78, 5) is 0. The van der Waals surface area contributed by atoms with Crippen molar-refractivity contribution in [1.82, 2.24) is 5.32 Å². The van der Waals surface area contributed by atoms with Crippen LogP contribution in [0.3, 0.4) is 0 Å². The first-order valence-electron chi connectivity index (χ1n) is 8.06. The van der Waals surface area contributed by atoms with Gasteiger partial charge in [-0.05, 0) is 64.3 Å². The van der Waals surface area contributed by atoms with Crippen molar-refractivity contribution in [3.63, 3.8) is 0 Å². The Balaban J connectivity index is 2.31. The van der Waals surface area contributed by atoms with Gasteiger partial charge in [0.05, 0.1) is 11.6 Å². The van der Waals surface area contributed by atoms with Gasteiger partial charge >= 0.3 is 0 Å². The topological polar surface area (TPSA) is 21.3 Å². The summed E-state index contributed by atoms with van der Waals surface area (Å²) in [6.07, 6.45) is 5.37. The van der Waals surface area contributed by atoms with E-state index < -0.39 is 0 Å². The summed E-state index contributed by atoms with van der Waals surface area (Å²) in [6, 6.07) is 6.92. The predicted molar refractivity (Wildman–Crippen MR) is 92.9 cm³/mol. The zero-order chi connectivity index (χ0) is 15.5. The molecule has 2 atom stereocenters. The fourth-order valence-electron chi connectivity index (χ4n) is 3.73. The van der Waals surface area contributed by atoms with Crippen LogP contribution in [-0.4, -0.2) is 13.7 Å². The van der Waals surface area contributed by atoms with E-state index in [1.807, 2.05) is 0 Å². The molecule has 1 saturated carbocycles. The van der Waals surface area contributed by atoms with Crippen LogP contribution in [0.25, 0.3) is 0 Å². The van der Waals surface area contributed by atoms with Crippen LogP contribution in [-0.2, 0) is 0 Å². The van der Waals surface area contributed by atoms with Crippen LogP contribution in [0.2, 0.25) is 0 Å². The van der Waals surface area contributed by atoms with E-state index in [9.17, 15) is 0 Å². The second-order valence-corrected chi connectivity index (χ2v) is 7.62. The molecule has 1 fully saturated rings. The van der Waals surface area contributed by atoms with E-state index in [1.54, 1.807) is 7.11 Å². The molecular formula is C18H28BrNO. The SMILES string of the molecule is CCNC(c1ccc(OC)c(Br)c1)C1CCCCC1(C)C. The molecule has 1 aliphatic rings. The van der Waals surface area contributed by atoms with Crippen LogP contribution in [0.1, 0.15) is 58.1 Å². The highest BCUT2D eigenvalue weighted by molar-refractivity contribution is 9.10. The van der Waals surface area contributed by atoms with Crippen molar-refractivity contribution in [2.75, 3.05) is 13.7 Å². The van der Waals surface area contributed by atoms with Crippen LogP contribution in [0.5, 0.6) is 5.75 Å². The minimum Gasteiger partial charge on any atom is -0.496 e. The van der Waals surface area contributed by atoms with Gasteiger partial charge in [0.1, 0.15) is 5.75 Å². The third-order valence-corrected chi connectivity index (χ3v) is 5.57. The van der Waals surface area contributed by atoms with Gasteiger partial charge in [0.15, 0.2) is 0 Å². The predicted octanol–water partition coefficient (Wildman–Crippen LogP) is 5.32. The van der Waals surface area contributed by atoms with Gasteiger partial charge in [0.25, 0.3) is 0 Å². The summed E-state index contributed by atoms with van der Waals surface area (Å²) in [5.74, 6) is 1.59. The van der Waals surface area contributed by atoms with Crippen LogP contribution in [0, 0.1) is 11.3 Å². The smallest absolute Gasteiger partial charge is 0.133 e. The van der Waals surface area contributed by atoms with Gasteiger partial charge in [-0.3, -0.25) is 0 Å². The van der Waals surface area contributed by atoms with Crippen LogP contribution >= 0.6 is 15.9 Å². The Morgan fingerprint density at radius 3 is 2.71 bits per heavy atom. The maximum Gasteiger partial charge on any atom is 0.133 e. The summed E-state index contributed by atoms with van der Waals surface area (Å²) in [5.41, 5.74) is 1.77. The van der Waals surface area contributed by atoms with Crippen molar-refractivity contribution in [1.29, 1.82) is 0 Å².